The minimum atomic E-state index is -0.126. The fourth-order valence-corrected chi connectivity index (χ4v) is 4.30. The summed E-state index contributed by atoms with van der Waals surface area (Å²) in [6, 6.07) is 16.9. The molecule has 0 amide bonds. The van der Waals surface area contributed by atoms with E-state index in [4.69, 9.17) is 32.7 Å². The second-order valence-corrected chi connectivity index (χ2v) is 8.55. The monoisotopic (exact) mass is 451 g/mol. The first kappa shape index (κ1) is 20.1. The lowest BCUT2D eigenvalue weighted by Crippen LogP contribution is -2.32. The van der Waals surface area contributed by atoms with Gasteiger partial charge in [-0.15, -0.1) is 0 Å². The largest absolute Gasteiger partial charge is 0.477 e. The first-order valence-corrected chi connectivity index (χ1v) is 10.7. The second-order valence-electron chi connectivity index (χ2n) is 7.71. The Balaban J connectivity index is 1.43. The van der Waals surface area contributed by atoms with E-state index in [0.29, 0.717) is 41.9 Å². The van der Waals surface area contributed by atoms with Crippen LogP contribution in [-0.4, -0.2) is 17.4 Å². The molecule has 0 unspecified atom stereocenters. The minimum Gasteiger partial charge on any atom is -0.477 e. The number of halogens is 2. The molecular weight excluding hydrogens is 433 g/mol. The summed E-state index contributed by atoms with van der Waals surface area (Å²) < 4.78 is 12.0. The van der Waals surface area contributed by atoms with E-state index in [9.17, 15) is 4.79 Å². The Morgan fingerprint density at radius 2 is 1.84 bits per heavy atom. The number of nitrogens with zero attached hydrogens (tertiary/aromatic N) is 1. The molecule has 0 bridgehead atoms. The topological polar surface area (TPSA) is 38.8 Å². The van der Waals surface area contributed by atoms with Crippen molar-refractivity contribution in [2.24, 2.45) is 0 Å². The third-order valence-electron chi connectivity index (χ3n) is 5.52. The van der Waals surface area contributed by atoms with E-state index in [0.717, 1.165) is 33.0 Å². The third kappa shape index (κ3) is 3.83. The summed E-state index contributed by atoms with van der Waals surface area (Å²) in [5.41, 5.74) is 4.28. The molecule has 0 fully saturated rings. The maximum Gasteiger partial charge on any atom is 0.231 e. The molecule has 2 aliphatic heterocycles. The van der Waals surface area contributed by atoms with Crippen molar-refractivity contribution < 1.29 is 14.3 Å². The minimum absolute atomic E-state index is 0.126. The molecule has 0 N–H and O–H groups in total. The average Bonchev–Trinajstić information content (AvgIpc) is 3.07. The predicted octanol–water partition coefficient (Wildman–Crippen LogP) is 6.27. The number of hydrogen-bond donors (Lipinski definition) is 0. The van der Waals surface area contributed by atoms with Crippen molar-refractivity contribution in [2.75, 3.05) is 6.73 Å². The zero-order chi connectivity index (χ0) is 21.5. The summed E-state index contributed by atoms with van der Waals surface area (Å²) >= 11 is 12.3. The zero-order valence-corrected chi connectivity index (χ0v) is 18.3. The lowest BCUT2D eigenvalue weighted by atomic mass is 10.00. The molecule has 2 heterocycles. The fourth-order valence-electron chi connectivity index (χ4n) is 3.98. The fraction of sp³-hybridized carbons (Fsp3) is 0.160. The van der Waals surface area contributed by atoms with Crippen molar-refractivity contribution in [3.8, 4) is 11.5 Å². The van der Waals surface area contributed by atoms with Gasteiger partial charge in [0.15, 0.2) is 5.76 Å². The Hall–Kier alpha value is -2.79. The molecule has 0 aromatic heterocycles. The van der Waals surface area contributed by atoms with E-state index in [1.807, 2.05) is 49.4 Å². The summed E-state index contributed by atoms with van der Waals surface area (Å²) in [6.07, 6.45) is 1.74. The number of rotatable bonds is 3. The van der Waals surface area contributed by atoms with E-state index in [1.165, 1.54) is 0 Å². The standard InChI is InChI=1S/C25H19Cl2NO3/c1-15-24-18(13-28(14-30-24)12-17-4-2-3-5-21(17)27)11-20-23(29)22(31-25(15)20)10-16-6-8-19(26)9-7-16/h2-11H,12-14H2,1H3/b22-10-. The maximum absolute atomic E-state index is 13.0. The van der Waals surface area contributed by atoms with Gasteiger partial charge in [0.2, 0.25) is 5.78 Å². The van der Waals surface area contributed by atoms with Crippen molar-refractivity contribution in [1.29, 1.82) is 0 Å². The van der Waals surface area contributed by atoms with Gasteiger partial charge in [-0.05, 0) is 48.4 Å². The molecule has 5 rings (SSSR count). The number of fused-ring (bicyclic) bond motifs is 2. The molecule has 0 atom stereocenters. The molecule has 6 heteroatoms. The lowest BCUT2D eigenvalue weighted by molar-refractivity contribution is 0.0877. The normalized spacial score (nSPS) is 16.6. The van der Waals surface area contributed by atoms with E-state index in [-0.39, 0.29) is 5.78 Å². The molecule has 0 spiro atoms. The maximum atomic E-state index is 13.0. The molecule has 4 nitrogen and oxygen atoms in total. The summed E-state index contributed by atoms with van der Waals surface area (Å²) in [5.74, 6) is 1.54. The van der Waals surface area contributed by atoms with Crippen molar-refractivity contribution >= 4 is 35.1 Å². The Morgan fingerprint density at radius 1 is 1.06 bits per heavy atom. The smallest absolute Gasteiger partial charge is 0.231 e. The van der Waals surface area contributed by atoms with E-state index in [2.05, 4.69) is 4.90 Å². The van der Waals surface area contributed by atoms with Crippen LogP contribution >= 0.6 is 23.2 Å². The van der Waals surface area contributed by atoms with Gasteiger partial charge in [0.05, 0.1) is 5.56 Å². The molecule has 2 aliphatic rings. The van der Waals surface area contributed by atoms with Gasteiger partial charge in [-0.3, -0.25) is 9.69 Å². The highest BCUT2D eigenvalue weighted by Crippen LogP contribution is 2.43. The molecular formula is C25H19Cl2NO3. The van der Waals surface area contributed by atoms with Crippen molar-refractivity contribution in [1.82, 2.24) is 4.90 Å². The summed E-state index contributed by atoms with van der Waals surface area (Å²) in [4.78, 5) is 15.2. The Kier molecular flexibility index (Phi) is 5.22. The van der Waals surface area contributed by atoms with Crippen LogP contribution in [0.25, 0.3) is 6.08 Å². The number of ketones is 1. The summed E-state index contributed by atoms with van der Waals surface area (Å²) in [5, 5.41) is 1.38. The van der Waals surface area contributed by atoms with Gasteiger partial charge >= 0.3 is 0 Å². The zero-order valence-electron chi connectivity index (χ0n) is 16.8. The molecule has 3 aromatic carbocycles. The van der Waals surface area contributed by atoms with Gasteiger partial charge in [-0.25, -0.2) is 0 Å². The van der Waals surface area contributed by atoms with Crippen LogP contribution in [0.4, 0.5) is 0 Å². The molecule has 0 saturated carbocycles. The van der Waals surface area contributed by atoms with Crippen LogP contribution in [0.3, 0.4) is 0 Å². The van der Waals surface area contributed by atoms with Crippen LogP contribution in [0.1, 0.15) is 32.6 Å². The molecule has 3 aromatic rings. The number of Topliss-reactive ketones (excluding diaryl/α,β-unsaturated/α-hetero) is 1. The Labute approximate surface area is 190 Å². The van der Waals surface area contributed by atoms with E-state index < -0.39 is 0 Å². The van der Waals surface area contributed by atoms with E-state index >= 15 is 0 Å². The van der Waals surface area contributed by atoms with Crippen molar-refractivity contribution in [3.63, 3.8) is 0 Å². The predicted molar refractivity (Wildman–Crippen MR) is 122 cm³/mol. The number of ether oxygens (including phenoxy) is 2. The van der Waals surface area contributed by atoms with E-state index in [1.54, 1.807) is 18.2 Å². The Morgan fingerprint density at radius 3 is 2.61 bits per heavy atom. The van der Waals surface area contributed by atoms with Gasteiger partial charge in [-0.1, -0.05) is 53.5 Å². The van der Waals surface area contributed by atoms with Gasteiger partial charge in [0.25, 0.3) is 0 Å². The first-order chi connectivity index (χ1) is 15.0. The van der Waals surface area contributed by atoms with Crippen molar-refractivity contribution in [3.05, 3.63) is 98.2 Å². The van der Waals surface area contributed by atoms with Gasteiger partial charge in [0.1, 0.15) is 18.2 Å². The number of carbonyl (C=O) groups is 1. The lowest BCUT2D eigenvalue weighted by Gasteiger charge is -2.30. The first-order valence-electron chi connectivity index (χ1n) is 9.94. The Bertz CT molecular complexity index is 1220. The van der Waals surface area contributed by atoms with Crippen LogP contribution < -0.4 is 9.47 Å². The third-order valence-corrected chi connectivity index (χ3v) is 6.14. The average molecular weight is 452 g/mol. The number of carbonyl (C=O) groups excluding carboxylic acids is 1. The molecule has 156 valence electrons. The molecule has 31 heavy (non-hydrogen) atoms. The van der Waals surface area contributed by atoms with Crippen LogP contribution in [0.2, 0.25) is 10.0 Å². The molecule has 0 aliphatic carbocycles. The molecule has 0 radical (unpaired) electrons. The highest BCUT2D eigenvalue weighted by Gasteiger charge is 2.33. The highest BCUT2D eigenvalue weighted by atomic mass is 35.5. The summed E-state index contributed by atoms with van der Waals surface area (Å²) in [7, 11) is 0. The van der Waals surface area contributed by atoms with Crippen LogP contribution in [0.15, 0.2) is 60.4 Å². The molecule has 0 saturated heterocycles. The van der Waals surface area contributed by atoms with Crippen LogP contribution in [-0.2, 0) is 13.1 Å². The number of hydrogen-bond acceptors (Lipinski definition) is 4. The number of allylic oxidation sites excluding steroid dienone is 1. The van der Waals surface area contributed by atoms with Crippen LogP contribution in [0.5, 0.6) is 11.5 Å². The quantitative estimate of drug-likeness (QED) is 0.439. The highest BCUT2D eigenvalue weighted by molar-refractivity contribution is 6.31. The summed E-state index contributed by atoms with van der Waals surface area (Å²) in [6.45, 7) is 3.71. The van der Waals surface area contributed by atoms with Crippen LogP contribution in [0, 0.1) is 6.92 Å². The van der Waals surface area contributed by atoms with Gasteiger partial charge in [-0.2, -0.15) is 0 Å². The number of benzene rings is 3. The van der Waals surface area contributed by atoms with Crippen molar-refractivity contribution in [2.45, 2.75) is 20.0 Å². The second kappa shape index (κ2) is 8.04. The SMILES string of the molecule is Cc1c2c(cc3c1O/C(=C\c1ccc(Cl)cc1)C3=O)CN(Cc1ccccc1Cl)CO2. The van der Waals surface area contributed by atoms with Gasteiger partial charge in [0, 0.05) is 34.3 Å². The van der Waals surface area contributed by atoms with Gasteiger partial charge < -0.3 is 9.47 Å².